The summed E-state index contributed by atoms with van der Waals surface area (Å²) in [6, 6.07) is 12.0. The first-order valence-electron chi connectivity index (χ1n) is 14.9. The lowest BCUT2D eigenvalue weighted by Gasteiger charge is -2.45. The van der Waals surface area contributed by atoms with Gasteiger partial charge in [-0.05, 0) is 88.1 Å². The lowest BCUT2D eigenvalue weighted by atomic mass is 9.61. The molecule has 226 valence electrons. The average Bonchev–Trinajstić information content (AvgIpc) is 3.23. The topological polar surface area (TPSA) is 61.6 Å². The van der Waals surface area contributed by atoms with E-state index >= 15 is 0 Å². The highest BCUT2D eigenvalue weighted by molar-refractivity contribution is 7.81. The van der Waals surface area contributed by atoms with Crippen molar-refractivity contribution in [2.24, 2.45) is 16.2 Å². The molecule has 0 radical (unpaired) electrons. The van der Waals surface area contributed by atoms with E-state index in [1.165, 1.54) is 0 Å². The monoisotopic (exact) mass is 581 g/mol. The molecule has 2 unspecified atom stereocenters. The van der Waals surface area contributed by atoms with Crippen molar-refractivity contribution in [2.45, 2.75) is 119 Å². The van der Waals surface area contributed by atoms with Gasteiger partial charge >= 0.3 is 5.97 Å². The zero-order chi connectivity index (χ0) is 31.0. The fraction of sp³-hybridized carbons (Fsp3) is 0.600. The maximum Gasteiger partial charge on any atom is 0.312 e. The molecule has 0 aliphatic rings. The largest absolute Gasteiger partial charge is 0.477 e. The predicted octanol–water partition coefficient (Wildman–Crippen LogP) is 9.84. The van der Waals surface area contributed by atoms with Gasteiger partial charge in [0.15, 0.2) is 4.93 Å². The first-order valence-corrected chi connectivity index (χ1v) is 15.3. The number of esters is 1. The molecule has 3 rings (SSSR count). The Morgan fingerprint density at radius 1 is 0.878 bits per heavy atom. The van der Waals surface area contributed by atoms with Crippen LogP contribution in [0.4, 0.5) is 0 Å². The van der Waals surface area contributed by atoms with Gasteiger partial charge < -0.3 is 13.9 Å². The van der Waals surface area contributed by atoms with Crippen LogP contribution in [0.2, 0.25) is 0 Å². The van der Waals surface area contributed by atoms with Crippen molar-refractivity contribution in [3.05, 3.63) is 47.8 Å². The van der Waals surface area contributed by atoms with Crippen molar-refractivity contribution in [3.63, 3.8) is 0 Å². The summed E-state index contributed by atoms with van der Waals surface area (Å²) in [7, 11) is 0. The number of benzene rings is 1. The van der Waals surface area contributed by atoms with Gasteiger partial charge in [-0.25, -0.2) is 0 Å². The molecule has 0 N–H and O–H groups in total. The van der Waals surface area contributed by atoms with Crippen LogP contribution in [0.3, 0.4) is 0 Å². The van der Waals surface area contributed by atoms with Crippen LogP contribution < -0.4 is 4.74 Å². The molecule has 1 aromatic carbocycles. The van der Waals surface area contributed by atoms with Crippen LogP contribution in [0.15, 0.2) is 40.8 Å². The fourth-order valence-electron chi connectivity index (χ4n) is 5.63. The molecule has 6 heteroatoms. The molecule has 0 amide bonds. The molecule has 0 aliphatic heterocycles. The Balaban J connectivity index is 1.79. The van der Waals surface area contributed by atoms with E-state index in [0.29, 0.717) is 12.2 Å². The molecule has 41 heavy (non-hydrogen) atoms. The second-order valence-corrected chi connectivity index (χ2v) is 15.7. The van der Waals surface area contributed by atoms with Crippen molar-refractivity contribution in [2.75, 3.05) is 0 Å². The summed E-state index contributed by atoms with van der Waals surface area (Å²) >= 11 is 4.86. The van der Waals surface area contributed by atoms with Crippen LogP contribution in [0.1, 0.15) is 107 Å². The number of aromatic nitrogens is 1. The van der Waals surface area contributed by atoms with E-state index in [-0.39, 0.29) is 16.8 Å². The van der Waals surface area contributed by atoms with Crippen molar-refractivity contribution < 1.29 is 18.7 Å². The molecule has 3 aromatic rings. The van der Waals surface area contributed by atoms with Crippen LogP contribution in [0.25, 0.3) is 22.3 Å². The minimum atomic E-state index is -0.898. The number of hydrogen-bond acceptors (Lipinski definition) is 6. The van der Waals surface area contributed by atoms with E-state index in [1.54, 1.807) is 0 Å². The van der Waals surface area contributed by atoms with Crippen LogP contribution in [-0.2, 0) is 22.4 Å². The third-order valence-corrected chi connectivity index (χ3v) is 8.19. The number of fused-ring (bicyclic) bond motifs is 1. The molecular formula is C35H51NO4S. The smallest absolute Gasteiger partial charge is 0.312 e. The molecular weight excluding hydrogens is 530 g/mol. The second kappa shape index (κ2) is 11.7. The van der Waals surface area contributed by atoms with E-state index in [9.17, 15) is 4.79 Å². The minimum Gasteiger partial charge on any atom is -0.477 e. The molecule has 0 spiro atoms. The third-order valence-electron chi connectivity index (χ3n) is 7.94. The van der Waals surface area contributed by atoms with Crippen LogP contribution >= 0.6 is 12.6 Å². The van der Waals surface area contributed by atoms with Crippen LogP contribution in [0.5, 0.6) is 5.75 Å². The van der Waals surface area contributed by atoms with Gasteiger partial charge in [-0.3, -0.25) is 9.78 Å². The molecule has 0 saturated heterocycles. The Kier molecular flexibility index (Phi) is 9.40. The summed E-state index contributed by atoms with van der Waals surface area (Å²) in [4.78, 5) is 17.6. The number of pyridine rings is 1. The van der Waals surface area contributed by atoms with E-state index in [0.717, 1.165) is 52.9 Å². The fourth-order valence-corrected chi connectivity index (χ4v) is 6.11. The van der Waals surface area contributed by atoms with Gasteiger partial charge in [0.1, 0.15) is 22.7 Å². The molecule has 0 fully saturated rings. The Labute approximate surface area is 253 Å². The third kappa shape index (κ3) is 8.09. The normalized spacial score (nSPS) is 15.8. The van der Waals surface area contributed by atoms with Gasteiger partial charge in [0.05, 0.1) is 11.1 Å². The molecule has 0 bridgehead atoms. The highest BCUT2D eigenvalue weighted by atomic mass is 32.1. The van der Waals surface area contributed by atoms with Crippen LogP contribution in [0, 0.1) is 16.2 Å². The summed E-state index contributed by atoms with van der Waals surface area (Å²) in [5.74, 6) is 1.25. The summed E-state index contributed by atoms with van der Waals surface area (Å²) in [6.07, 6.45) is 2.84. The van der Waals surface area contributed by atoms with Gasteiger partial charge in [0, 0.05) is 29.1 Å². The maximum absolute atomic E-state index is 13.7. The van der Waals surface area contributed by atoms with Crippen molar-refractivity contribution in [1.29, 1.82) is 0 Å². The highest BCUT2D eigenvalue weighted by Gasteiger charge is 2.49. The van der Waals surface area contributed by atoms with Crippen molar-refractivity contribution >= 4 is 29.6 Å². The number of furan rings is 1. The van der Waals surface area contributed by atoms with Gasteiger partial charge in [0.25, 0.3) is 0 Å². The number of hydrogen-bond donors (Lipinski definition) is 1. The summed E-state index contributed by atoms with van der Waals surface area (Å²) < 4.78 is 18.8. The first kappa shape index (κ1) is 33.0. The van der Waals surface area contributed by atoms with E-state index in [1.807, 2.05) is 52.0 Å². The molecule has 2 heterocycles. The number of carbonyl (C=O) groups excluding carboxylic acids is 1. The maximum atomic E-state index is 13.7. The number of aryl methyl sites for hydroxylation is 2. The SMILES string of the molecule is CCc1ccc(-c2cc3ccc(OC(C)(S)CC(C)(C)OC(=O)C(C)(CC(C)(C)C)C(C)(C)C)cc3o2)c(CC)n1. The quantitative estimate of drug-likeness (QED) is 0.147. The number of carbonyl (C=O) groups is 1. The van der Waals surface area contributed by atoms with Crippen molar-refractivity contribution in [3.8, 4) is 17.1 Å². The number of ether oxygens (including phenoxy) is 2. The molecule has 5 nitrogen and oxygen atoms in total. The Morgan fingerprint density at radius 3 is 2.10 bits per heavy atom. The first-order chi connectivity index (χ1) is 18.7. The van der Waals surface area contributed by atoms with E-state index in [4.69, 9.17) is 31.5 Å². The number of thiol groups is 1. The second-order valence-electron chi connectivity index (χ2n) is 14.7. The predicted molar refractivity (Wildman–Crippen MR) is 173 cm³/mol. The van der Waals surface area contributed by atoms with Crippen LogP contribution in [-0.4, -0.2) is 21.5 Å². The van der Waals surface area contributed by atoms with Gasteiger partial charge in [-0.2, -0.15) is 0 Å². The van der Waals surface area contributed by atoms with Gasteiger partial charge in [-0.15, -0.1) is 12.6 Å². The average molecular weight is 582 g/mol. The summed E-state index contributed by atoms with van der Waals surface area (Å²) in [6.45, 7) is 24.8. The van der Waals surface area contributed by atoms with Gasteiger partial charge in [-0.1, -0.05) is 55.4 Å². The summed E-state index contributed by atoms with van der Waals surface area (Å²) in [5.41, 5.74) is 2.12. The lowest BCUT2D eigenvalue weighted by molar-refractivity contribution is -0.180. The molecule has 0 aliphatic carbocycles. The minimum absolute atomic E-state index is 0.0235. The van der Waals surface area contributed by atoms with Crippen molar-refractivity contribution in [1.82, 2.24) is 4.98 Å². The standard InChI is InChI=1S/C35H51NO4S/c1-13-24-16-18-26(27(14-2)36-24)29-19-23-15-17-25(20-28(23)38-29)39-35(12,41)22-33(9,10)40-30(37)34(11,32(6,7)8)21-31(3,4)5/h15-20,41H,13-14,21-22H2,1-12H3. The lowest BCUT2D eigenvalue weighted by Crippen LogP contribution is -2.48. The summed E-state index contributed by atoms with van der Waals surface area (Å²) in [5, 5.41) is 0.990. The van der Waals surface area contributed by atoms with E-state index < -0.39 is 15.9 Å². The Bertz CT molecular complexity index is 1370. The van der Waals surface area contributed by atoms with Gasteiger partial charge in [0.2, 0.25) is 0 Å². The zero-order valence-electron chi connectivity index (χ0n) is 27.3. The highest BCUT2D eigenvalue weighted by Crippen LogP contribution is 2.48. The Hall–Kier alpha value is -2.47. The Morgan fingerprint density at radius 2 is 1.54 bits per heavy atom. The molecule has 0 saturated carbocycles. The molecule has 2 atom stereocenters. The number of rotatable bonds is 10. The van der Waals surface area contributed by atoms with E-state index in [2.05, 4.69) is 67.5 Å². The zero-order valence-corrected chi connectivity index (χ0v) is 28.2. The number of nitrogens with zero attached hydrogens (tertiary/aromatic N) is 1. The molecule has 2 aromatic heterocycles.